The van der Waals surface area contributed by atoms with Gasteiger partial charge in [-0.05, 0) is 77.9 Å². The number of aliphatic hydroxyl groups excluding tert-OH is 1. The molecule has 2 amide bonds. The van der Waals surface area contributed by atoms with Crippen LogP contribution in [0.15, 0.2) is 72.4 Å². The zero-order valence-electron chi connectivity index (χ0n) is 20.9. The van der Waals surface area contributed by atoms with E-state index in [1.54, 1.807) is 30.3 Å². The fourth-order valence-electron chi connectivity index (χ4n) is 4.15. The Labute approximate surface area is 221 Å². The minimum Gasteiger partial charge on any atom is -0.493 e. The van der Waals surface area contributed by atoms with Gasteiger partial charge in [-0.15, -0.1) is 0 Å². The Morgan fingerprint density at radius 1 is 0.974 bits per heavy atom. The Bertz CT molecular complexity index is 1310. The highest BCUT2D eigenvalue weighted by Gasteiger charge is 2.23. The van der Waals surface area contributed by atoms with Gasteiger partial charge < -0.3 is 30.0 Å². The molecule has 3 N–H and O–H groups in total. The summed E-state index contributed by atoms with van der Waals surface area (Å²) in [7, 11) is 0. The minimum absolute atomic E-state index is 0.0883. The fraction of sp³-hybridized carbons (Fsp3) is 0.267. The van der Waals surface area contributed by atoms with Gasteiger partial charge in [0.2, 0.25) is 6.79 Å². The summed E-state index contributed by atoms with van der Waals surface area (Å²) in [6.07, 6.45) is 4.75. The Morgan fingerprint density at radius 3 is 2.47 bits per heavy atom. The average molecular weight is 515 g/mol. The van der Waals surface area contributed by atoms with Crippen molar-refractivity contribution in [2.75, 3.05) is 26.6 Å². The smallest absolute Gasteiger partial charge is 0.267 e. The SMILES string of the molecule is O=C(NCCO)/C(=C\c1ccc(C2CC2)cc1)NC(=O)c1ccc(OCCc2ccc3c(c2)OCO3)cc1. The van der Waals surface area contributed by atoms with Crippen LogP contribution >= 0.6 is 0 Å². The lowest BCUT2D eigenvalue weighted by atomic mass is 10.1. The number of hydrogen-bond acceptors (Lipinski definition) is 6. The molecule has 196 valence electrons. The van der Waals surface area contributed by atoms with Gasteiger partial charge in [0.25, 0.3) is 11.8 Å². The second-order valence-corrected chi connectivity index (χ2v) is 9.24. The molecule has 1 heterocycles. The van der Waals surface area contributed by atoms with Gasteiger partial charge in [-0.3, -0.25) is 9.59 Å². The summed E-state index contributed by atoms with van der Waals surface area (Å²) >= 11 is 0. The van der Waals surface area contributed by atoms with Crippen molar-refractivity contribution in [2.24, 2.45) is 0 Å². The van der Waals surface area contributed by atoms with E-state index in [1.165, 1.54) is 18.4 Å². The van der Waals surface area contributed by atoms with Gasteiger partial charge in [0.05, 0.1) is 13.2 Å². The number of carbonyl (C=O) groups excluding carboxylic acids is 2. The first-order valence-corrected chi connectivity index (χ1v) is 12.7. The Hall–Kier alpha value is -4.30. The molecule has 0 aromatic heterocycles. The topological polar surface area (TPSA) is 106 Å². The van der Waals surface area contributed by atoms with Gasteiger partial charge in [0.15, 0.2) is 11.5 Å². The predicted molar refractivity (Wildman–Crippen MR) is 142 cm³/mol. The van der Waals surface area contributed by atoms with Crippen molar-refractivity contribution >= 4 is 17.9 Å². The van der Waals surface area contributed by atoms with E-state index in [2.05, 4.69) is 22.8 Å². The van der Waals surface area contributed by atoms with Gasteiger partial charge >= 0.3 is 0 Å². The lowest BCUT2D eigenvalue weighted by Crippen LogP contribution is -2.36. The van der Waals surface area contributed by atoms with Crippen LogP contribution in [-0.2, 0) is 11.2 Å². The van der Waals surface area contributed by atoms with Crippen molar-refractivity contribution in [1.82, 2.24) is 10.6 Å². The van der Waals surface area contributed by atoms with E-state index < -0.39 is 11.8 Å². The highest BCUT2D eigenvalue weighted by atomic mass is 16.7. The van der Waals surface area contributed by atoms with E-state index >= 15 is 0 Å². The van der Waals surface area contributed by atoms with Crippen molar-refractivity contribution < 1.29 is 28.9 Å². The van der Waals surface area contributed by atoms with Crippen molar-refractivity contribution in [1.29, 1.82) is 0 Å². The molecule has 1 fully saturated rings. The molecule has 3 aromatic rings. The maximum Gasteiger partial charge on any atom is 0.267 e. The largest absolute Gasteiger partial charge is 0.493 e. The number of nitrogens with one attached hydrogen (secondary N) is 2. The zero-order chi connectivity index (χ0) is 26.3. The van der Waals surface area contributed by atoms with Crippen molar-refractivity contribution in [3.63, 3.8) is 0 Å². The molecule has 8 nitrogen and oxygen atoms in total. The van der Waals surface area contributed by atoms with Gasteiger partial charge in [-0.2, -0.15) is 0 Å². The summed E-state index contributed by atoms with van der Waals surface area (Å²) in [6.45, 7) is 0.597. The molecule has 0 radical (unpaired) electrons. The third kappa shape index (κ3) is 6.52. The Morgan fingerprint density at radius 2 is 1.74 bits per heavy atom. The first-order valence-electron chi connectivity index (χ1n) is 12.7. The maximum atomic E-state index is 12.9. The third-order valence-electron chi connectivity index (χ3n) is 6.40. The van der Waals surface area contributed by atoms with E-state index in [0.29, 0.717) is 30.3 Å². The molecule has 0 unspecified atom stereocenters. The first-order chi connectivity index (χ1) is 18.6. The highest BCUT2D eigenvalue weighted by Crippen LogP contribution is 2.40. The van der Waals surface area contributed by atoms with Gasteiger partial charge in [0, 0.05) is 18.5 Å². The van der Waals surface area contributed by atoms with Gasteiger partial charge in [0.1, 0.15) is 11.4 Å². The van der Waals surface area contributed by atoms with Crippen LogP contribution in [0.1, 0.15) is 45.8 Å². The van der Waals surface area contributed by atoms with Gasteiger partial charge in [-0.25, -0.2) is 0 Å². The molecule has 5 rings (SSSR count). The molecule has 1 saturated carbocycles. The number of ether oxygens (including phenoxy) is 3. The quantitative estimate of drug-likeness (QED) is 0.336. The molecule has 0 atom stereocenters. The molecule has 0 spiro atoms. The minimum atomic E-state index is -0.470. The van der Waals surface area contributed by atoms with Crippen molar-refractivity contribution in [2.45, 2.75) is 25.2 Å². The van der Waals surface area contributed by atoms with Crippen LogP contribution in [0.4, 0.5) is 0 Å². The molecule has 8 heteroatoms. The summed E-state index contributed by atoms with van der Waals surface area (Å²) in [5, 5.41) is 14.4. The lowest BCUT2D eigenvalue weighted by molar-refractivity contribution is -0.117. The molecule has 2 aliphatic rings. The highest BCUT2D eigenvalue weighted by molar-refractivity contribution is 6.05. The molecule has 1 aliphatic heterocycles. The van der Waals surface area contributed by atoms with Crippen molar-refractivity contribution in [3.05, 3.63) is 94.7 Å². The number of carbonyl (C=O) groups is 2. The Kier molecular flexibility index (Phi) is 7.89. The summed E-state index contributed by atoms with van der Waals surface area (Å²) in [5.41, 5.74) is 3.65. The summed E-state index contributed by atoms with van der Waals surface area (Å²) in [4.78, 5) is 25.6. The van der Waals surface area contributed by atoms with E-state index in [9.17, 15) is 9.59 Å². The number of amides is 2. The van der Waals surface area contributed by atoms with Crippen LogP contribution in [0.3, 0.4) is 0 Å². The molecule has 3 aromatic carbocycles. The van der Waals surface area contributed by atoms with Crippen LogP contribution in [0.25, 0.3) is 6.08 Å². The fourth-order valence-corrected chi connectivity index (χ4v) is 4.15. The standard InChI is InChI=1S/C30H30N2O6/c33-15-14-31-30(35)26(17-20-1-4-22(5-2-20)23-6-7-23)32-29(34)24-8-10-25(11-9-24)36-16-13-21-3-12-27-28(18-21)38-19-37-27/h1-5,8-12,17-18,23,33H,6-7,13-16,19H2,(H,31,35)(H,32,34)/b26-17+. The van der Waals surface area contributed by atoms with Crippen LogP contribution < -0.4 is 24.8 Å². The molecule has 0 saturated heterocycles. The van der Waals surface area contributed by atoms with Crippen LogP contribution in [0.5, 0.6) is 17.2 Å². The summed E-state index contributed by atoms with van der Waals surface area (Å²) < 4.78 is 16.6. The maximum absolute atomic E-state index is 12.9. The summed E-state index contributed by atoms with van der Waals surface area (Å²) in [5.74, 6) is 1.87. The predicted octanol–water partition coefficient (Wildman–Crippen LogP) is 3.79. The lowest BCUT2D eigenvalue weighted by Gasteiger charge is -2.12. The number of fused-ring (bicyclic) bond motifs is 1. The monoisotopic (exact) mass is 514 g/mol. The number of benzene rings is 3. The third-order valence-corrected chi connectivity index (χ3v) is 6.40. The van der Waals surface area contributed by atoms with Crippen LogP contribution in [-0.4, -0.2) is 43.5 Å². The van der Waals surface area contributed by atoms with Gasteiger partial charge in [-0.1, -0.05) is 30.3 Å². The first kappa shape index (κ1) is 25.4. The van der Waals surface area contributed by atoms with E-state index in [-0.39, 0.29) is 25.6 Å². The number of rotatable bonds is 11. The molecule has 1 aliphatic carbocycles. The molecular formula is C30H30N2O6. The summed E-state index contributed by atoms with van der Waals surface area (Å²) in [6, 6.07) is 20.6. The van der Waals surface area contributed by atoms with E-state index in [4.69, 9.17) is 19.3 Å². The molecule has 38 heavy (non-hydrogen) atoms. The van der Waals surface area contributed by atoms with Crippen molar-refractivity contribution in [3.8, 4) is 17.2 Å². The van der Waals surface area contributed by atoms with Crippen LogP contribution in [0.2, 0.25) is 0 Å². The molecule has 0 bridgehead atoms. The average Bonchev–Trinajstić information content (AvgIpc) is 3.69. The number of hydrogen-bond donors (Lipinski definition) is 3. The molecular weight excluding hydrogens is 484 g/mol. The normalized spacial score (nSPS) is 14.2. The Balaban J connectivity index is 1.19. The second kappa shape index (κ2) is 11.8. The van der Waals surface area contributed by atoms with E-state index in [0.717, 1.165) is 22.6 Å². The second-order valence-electron chi connectivity index (χ2n) is 9.24. The van der Waals surface area contributed by atoms with E-state index in [1.807, 2.05) is 30.3 Å². The zero-order valence-corrected chi connectivity index (χ0v) is 20.9. The number of aliphatic hydroxyl groups is 1. The van der Waals surface area contributed by atoms with Crippen LogP contribution in [0, 0.1) is 0 Å².